The van der Waals surface area contributed by atoms with Gasteiger partial charge in [-0.15, -0.1) is 0 Å². The Morgan fingerprint density at radius 1 is 1.09 bits per heavy atom. The van der Waals surface area contributed by atoms with Gasteiger partial charge in [-0.3, -0.25) is 4.79 Å². The summed E-state index contributed by atoms with van der Waals surface area (Å²) in [6, 6.07) is 10.2. The van der Waals surface area contributed by atoms with E-state index in [-0.39, 0.29) is 11.6 Å². The Labute approximate surface area is 127 Å². The predicted molar refractivity (Wildman–Crippen MR) is 79.8 cm³/mol. The Morgan fingerprint density at radius 2 is 1.82 bits per heavy atom. The van der Waals surface area contributed by atoms with Crippen LogP contribution in [0.25, 0.3) is 0 Å². The number of nitrogens with one attached hydrogen (secondary N) is 1. The fraction of sp³-hybridized carbons (Fsp3) is 0.267. The molecule has 2 amide bonds. The minimum Gasteiger partial charge on any atom is -0.378 e. The van der Waals surface area contributed by atoms with Crippen LogP contribution >= 0.6 is 0 Å². The number of anilines is 1. The standard InChI is InChI=1S/C15H16N4O3/c20-14(18-8-10-22-11-9-18)13-6-7-19(17-13)15(21)16-12-4-2-1-3-5-12/h1-7H,8-11H2,(H,16,21). The largest absolute Gasteiger partial charge is 0.378 e. The van der Waals surface area contributed by atoms with E-state index in [1.54, 1.807) is 23.1 Å². The Morgan fingerprint density at radius 3 is 2.55 bits per heavy atom. The van der Waals surface area contributed by atoms with Crippen molar-refractivity contribution in [2.75, 3.05) is 31.6 Å². The smallest absolute Gasteiger partial charge is 0.346 e. The first-order valence-corrected chi connectivity index (χ1v) is 7.03. The highest BCUT2D eigenvalue weighted by Crippen LogP contribution is 2.08. The van der Waals surface area contributed by atoms with Gasteiger partial charge in [0.1, 0.15) is 0 Å². The molecule has 22 heavy (non-hydrogen) atoms. The number of aromatic nitrogens is 2. The fourth-order valence-corrected chi connectivity index (χ4v) is 2.18. The summed E-state index contributed by atoms with van der Waals surface area (Å²) in [5.41, 5.74) is 0.925. The summed E-state index contributed by atoms with van der Waals surface area (Å²) in [5, 5.41) is 6.76. The molecule has 1 aliphatic rings. The van der Waals surface area contributed by atoms with Crippen molar-refractivity contribution in [2.45, 2.75) is 0 Å². The third-order valence-corrected chi connectivity index (χ3v) is 3.34. The van der Waals surface area contributed by atoms with Gasteiger partial charge < -0.3 is 15.0 Å². The van der Waals surface area contributed by atoms with Crippen LogP contribution in [0.1, 0.15) is 10.5 Å². The maximum Gasteiger partial charge on any atom is 0.346 e. The van der Waals surface area contributed by atoms with Crippen LogP contribution in [0.15, 0.2) is 42.6 Å². The Bertz CT molecular complexity index is 662. The van der Waals surface area contributed by atoms with E-state index in [9.17, 15) is 9.59 Å². The second-order valence-electron chi connectivity index (χ2n) is 4.85. The van der Waals surface area contributed by atoms with Crippen LogP contribution in [0.2, 0.25) is 0 Å². The van der Waals surface area contributed by atoms with Crippen LogP contribution in [0.5, 0.6) is 0 Å². The van der Waals surface area contributed by atoms with E-state index < -0.39 is 6.03 Å². The third-order valence-electron chi connectivity index (χ3n) is 3.34. The van der Waals surface area contributed by atoms with Crippen molar-refractivity contribution in [3.63, 3.8) is 0 Å². The van der Waals surface area contributed by atoms with Crippen molar-refractivity contribution in [3.05, 3.63) is 48.3 Å². The first-order valence-electron chi connectivity index (χ1n) is 7.03. The molecule has 0 saturated carbocycles. The second kappa shape index (κ2) is 6.40. The predicted octanol–water partition coefficient (Wildman–Crippen LogP) is 1.44. The van der Waals surface area contributed by atoms with Crippen molar-refractivity contribution < 1.29 is 14.3 Å². The zero-order valence-electron chi connectivity index (χ0n) is 11.9. The zero-order valence-corrected chi connectivity index (χ0v) is 11.9. The summed E-state index contributed by atoms with van der Waals surface area (Å²) in [4.78, 5) is 26.0. The number of morpholine rings is 1. The molecule has 0 aliphatic carbocycles. The molecule has 114 valence electrons. The van der Waals surface area contributed by atoms with Gasteiger partial charge in [0.2, 0.25) is 0 Å². The summed E-state index contributed by atoms with van der Waals surface area (Å²) < 4.78 is 6.34. The van der Waals surface area contributed by atoms with Crippen molar-refractivity contribution in [1.82, 2.24) is 14.7 Å². The molecule has 1 fully saturated rings. The van der Waals surface area contributed by atoms with Gasteiger partial charge in [0.05, 0.1) is 13.2 Å². The molecule has 0 spiro atoms. The van der Waals surface area contributed by atoms with E-state index >= 15 is 0 Å². The number of carbonyl (C=O) groups is 2. The second-order valence-corrected chi connectivity index (χ2v) is 4.85. The SMILES string of the molecule is O=C(c1ccn(C(=O)Nc2ccccc2)n1)N1CCOCC1. The Kier molecular flexibility index (Phi) is 4.15. The molecule has 0 radical (unpaired) electrons. The number of ether oxygens (including phenoxy) is 1. The van der Waals surface area contributed by atoms with E-state index in [0.717, 1.165) is 4.68 Å². The maximum absolute atomic E-state index is 12.3. The minimum atomic E-state index is -0.410. The highest BCUT2D eigenvalue weighted by atomic mass is 16.5. The van der Waals surface area contributed by atoms with E-state index in [0.29, 0.717) is 32.0 Å². The topological polar surface area (TPSA) is 76.5 Å². The average molecular weight is 300 g/mol. The lowest BCUT2D eigenvalue weighted by Crippen LogP contribution is -2.41. The first kappa shape index (κ1) is 14.3. The van der Waals surface area contributed by atoms with Crippen LogP contribution in [-0.4, -0.2) is 52.9 Å². The molecule has 0 atom stereocenters. The molecule has 7 heteroatoms. The number of hydrogen-bond donors (Lipinski definition) is 1. The van der Waals surface area contributed by atoms with Crippen LogP contribution in [0, 0.1) is 0 Å². The average Bonchev–Trinajstić information content (AvgIpc) is 3.06. The van der Waals surface area contributed by atoms with E-state index in [4.69, 9.17) is 4.74 Å². The number of rotatable bonds is 2. The maximum atomic E-state index is 12.3. The Balaban J connectivity index is 1.67. The van der Waals surface area contributed by atoms with Gasteiger partial charge >= 0.3 is 6.03 Å². The lowest BCUT2D eigenvalue weighted by atomic mass is 10.3. The molecular weight excluding hydrogens is 284 g/mol. The molecule has 1 aliphatic heterocycles. The van der Waals surface area contributed by atoms with Crippen molar-refractivity contribution in [3.8, 4) is 0 Å². The summed E-state index contributed by atoms with van der Waals surface area (Å²) >= 11 is 0. The van der Waals surface area contributed by atoms with Crippen LogP contribution in [-0.2, 0) is 4.74 Å². The highest BCUT2D eigenvalue weighted by molar-refractivity contribution is 5.94. The molecule has 1 saturated heterocycles. The van der Waals surface area contributed by atoms with Crippen molar-refractivity contribution >= 4 is 17.6 Å². The molecule has 0 unspecified atom stereocenters. The summed E-state index contributed by atoms with van der Waals surface area (Å²) in [5.74, 6) is -0.186. The highest BCUT2D eigenvalue weighted by Gasteiger charge is 2.21. The first-order chi connectivity index (χ1) is 10.7. The summed E-state index contributed by atoms with van der Waals surface area (Å²) in [7, 11) is 0. The van der Waals surface area contributed by atoms with Gasteiger partial charge in [-0.05, 0) is 18.2 Å². The molecule has 3 rings (SSSR count). The van der Waals surface area contributed by atoms with Crippen LogP contribution in [0.4, 0.5) is 10.5 Å². The van der Waals surface area contributed by atoms with Crippen molar-refractivity contribution in [1.29, 1.82) is 0 Å². The lowest BCUT2D eigenvalue weighted by molar-refractivity contribution is 0.0298. The number of nitrogens with zero attached hydrogens (tertiary/aromatic N) is 3. The van der Waals surface area contributed by atoms with Gasteiger partial charge in [0.25, 0.3) is 5.91 Å². The van der Waals surface area contributed by atoms with Crippen LogP contribution < -0.4 is 5.32 Å². The quantitative estimate of drug-likeness (QED) is 0.910. The minimum absolute atomic E-state index is 0.186. The molecule has 1 aromatic heterocycles. The molecule has 7 nitrogen and oxygen atoms in total. The molecule has 1 aromatic carbocycles. The zero-order chi connectivity index (χ0) is 15.4. The van der Waals surface area contributed by atoms with E-state index in [1.807, 2.05) is 18.2 Å². The number of amides is 2. The van der Waals surface area contributed by atoms with Gasteiger partial charge in [0, 0.05) is 25.0 Å². The normalized spacial score (nSPS) is 14.6. The third kappa shape index (κ3) is 3.15. The summed E-state index contributed by atoms with van der Waals surface area (Å²) in [6.07, 6.45) is 1.48. The number of carbonyl (C=O) groups excluding carboxylic acids is 2. The monoisotopic (exact) mass is 300 g/mol. The van der Waals surface area contributed by atoms with E-state index in [2.05, 4.69) is 10.4 Å². The van der Waals surface area contributed by atoms with Crippen molar-refractivity contribution in [2.24, 2.45) is 0 Å². The molecule has 2 heterocycles. The molecular formula is C15H16N4O3. The molecule has 2 aromatic rings. The fourth-order valence-electron chi connectivity index (χ4n) is 2.18. The van der Waals surface area contributed by atoms with E-state index in [1.165, 1.54) is 6.20 Å². The number of hydrogen-bond acceptors (Lipinski definition) is 4. The van der Waals surface area contributed by atoms with Gasteiger partial charge in [0.15, 0.2) is 5.69 Å². The van der Waals surface area contributed by atoms with Gasteiger partial charge in [-0.25, -0.2) is 4.79 Å². The number of benzene rings is 1. The van der Waals surface area contributed by atoms with Gasteiger partial charge in [-0.2, -0.15) is 9.78 Å². The van der Waals surface area contributed by atoms with Gasteiger partial charge in [-0.1, -0.05) is 18.2 Å². The summed E-state index contributed by atoms with van der Waals surface area (Å²) in [6.45, 7) is 2.14. The number of para-hydroxylation sites is 1. The van der Waals surface area contributed by atoms with Crippen LogP contribution in [0.3, 0.4) is 0 Å². The molecule has 0 bridgehead atoms. The Hall–Kier alpha value is -2.67. The lowest BCUT2D eigenvalue weighted by Gasteiger charge is -2.25. The molecule has 1 N–H and O–H groups in total.